The number of ether oxygens (including phenoxy) is 2. The number of amides is 1. The molecule has 8 nitrogen and oxygen atoms in total. The molecule has 1 amide bonds. The van der Waals surface area contributed by atoms with E-state index in [1.54, 1.807) is 4.90 Å². The van der Waals surface area contributed by atoms with Crippen LogP contribution in [0.5, 0.6) is 17.2 Å². The third kappa shape index (κ3) is 6.71. The highest BCUT2D eigenvalue weighted by Gasteiger charge is 2.51. The molecule has 3 fully saturated rings. The monoisotopic (exact) mass is 723 g/mol. The molecular weight excluding hydrogens is 675 g/mol. The molecule has 54 heavy (non-hydrogen) atoms. The number of likely N-dealkylation sites (tertiary alicyclic amines) is 2. The van der Waals surface area contributed by atoms with Gasteiger partial charge >= 0.3 is 0 Å². The number of hydrogen-bond acceptors (Lipinski definition) is 7. The number of aryl methyl sites for hydroxylation is 1. The van der Waals surface area contributed by atoms with Gasteiger partial charge in [0.05, 0.1) is 12.6 Å². The van der Waals surface area contributed by atoms with Crippen LogP contribution in [-0.2, 0) is 17.8 Å². The van der Waals surface area contributed by atoms with Gasteiger partial charge in [-0.15, -0.1) is 0 Å². The number of phenolic OH excluding ortho intramolecular Hbond substituents is 1. The molecule has 4 aromatic rings. The molecule has 1 saturated carbocycles. The van der Waals surface area contributed by atoms with E-state index in [0.29, 0.717) is 55.2 Å². The summed E-state index contributed by atoms with van der Waals surface area (Å²) in [6.07, 6.45) is 3.83. The number of Topliss-reactive ketones (excluding diaryl/α,β-unsaturated/α-hetero) is 1. The highest BCUT2D eigenvalue weighted by molar-refractivity contribution is 6.02. The van der Waals surface area contributed by atoms with Gasteiger partial charge in [-0.3, -0.25) is 19.4 Å². The Bertz CT molecular complexity index is 2050. The van der Waals surface area contributed by atoms with Crippen LogP contribution in [0.3, 0.4) is 0 Å². The number of carbonyl (C=O) groups is 2. The van der Waals surface area contributed by atoms with Gasteiger partial charge in [0.2, 0.25) is 0 Å². The van der Waals surface area contributed by atoms with E-state index in [9.17, 15) is 14.7 Å². The van der Waals surface area contributed by atoms with Gasteiger partial charge in [-0.25, -0.2) is 0 Å². The lowest BCUT2D eigenvalue weighted by Crippen LogP contribution is -2.72. The number of allylic oxidation sites excluding steroid dienone is 1. The van der Waals surface area contributed by atoms with Crippen LogP contribution in [0.2, 0.25) is 0 Å². The Morgan fingerprint density at radius 2 is 1.52 bits per heavy atom. The fourth-order valence-electron chi connectivity index (χ4n) is 9.94. The van der Waals surface area contributed by atoms with Crippen molar-refractivity contribution >= 4 is 11.7 Å². The maximum Gasteiger partial charge on any atom is 0.255 e. The second-order valence-corrected chi connectivity index (χ2v) is 16.3. The SMILES string of the molecule is C=C1CCC(N2Cc3c(OCCN4CC5(CN(CCOc6ccc([C@H]7c8ccc(O)cc8CC[C@H]7c7ccccc7)cc6)C5)C4)cccc3C2=O)C(=O)C1. The zero-order chi connectivity index (χ0) is 36.8. The Hall–Kier alpha value is -4.92. The molecular formula is C46H49N3O5. The van der Waals surface area contributed by atoms with E-state index in [1.165, 1.54) is 22.3 Å². The first-order valence-corrected chi connectivity index (χ1v) is 19.6. The lowest BCUT2D eigenvalue weighted by atomic mass is 9.69. The summed E-state index contributed by atoms with van der Waals surface area (Å²) < 4.78 is 12.5. The number of benzene rings is 4. The first-order chi connectivity index (χ1) is 26.3. The number of rotatable bonds is 11. The lowest BCUT2D eigenvalue weighted by molar-refractivity contribution is -0.124. The maximum absolute atomic E-state index is 13.2. The molecule has 2 saturated heterocycles. The van der Waals surface area contributed by atoms with Gasteiger partial charge in [0.1, 0.15) is 30.5 Å². The van der Waals surface area contributed by atoms with E-state index in [-0.39, 0.29) is 23.7 Å². The first-order valence-electron chi connectivity index (χ1n) is 19.6. The molecule has 1 unspecified atom stereocenters. The summed E-state index contributed by atoms with van der Waals surface area (Å²) in [7, 11) is 0. The van der Waals surface area contributed by atoms with Crippen molar-refractivity contribution in [2.45, 2.75) is 56.5 Å². The summed E-state index contributed by atoms with van der Waals surface area (Å²) in [6, 6.07) is 30.7. The van der Waals surface area contributed by atoms with Crippen LogP contribution in [0, 0.1) is 5.41 Å². The minimum absolute atomic E-state index is 0.0645. The van der Waals surface area contributed by atoms with Crippen LogP contribution in [0.4, 0.5) is 0 Å². The number of phenols is 1. The molecule has 3 atom stereocenters. The molecule has 3 heterocycles. The van der Waals surface area contributed by atoms with Gasteiger partial charge < -0.3 is 19.5 Å². The molecule has 278 valence electrons. The number of carbonyl (C=O) groups excluding carboxylic acids is 2. The van der Waals surface area contributed by atoms with Crippen LogP contribution in [-0.4, -0.2) is 90.0 Å². The molecule has 1 N–H and O–H groups in total. The minimum atomic E-state index is -0.363. The number of fused-ring (bicyclic) bond motifs is 2. The maximum atomic E-state index is 13.2. The van der Waals surface area contributed by atoms with Gasteiger partial charge in [-0.2, -0.15) is 0 Å². The summed E-state index contributed by atoms with van der Waals surface area (Å²) in [5.41, 5.74) is 8.09. The molecule has 1 spiro atoms. The molecule has 2 aliphatic carbocycles. The highest BCUT2D eigenvalue weighted by atomic mass is 16.5. The van der Waals surface area contributed by atoms with E-state index in [2.05, 4.69) is 77.0 Å². The summed E-state index contributed by atoms with van der Waals surface area (Å²) >= 11 is 0. The van der Waals surface area contributed by atoms with Crippen molar-refractivity contribution in [3.63, 3.8) is 0 Å². The second-order valence-electron chi connectivity index (χ2n) is 16.3. The molecule has 0 aromatic heterocycles. The Kier molecular flexibility index (Phi) is 9.27. The topological polar surface area (TPSA) is 82.6 Å². The number of nitrogens with zero attached hydrogens (tertiary/aromatic N) is 3. The third-order valence-corrected chi connectivity index (χ3v) is 12.5. The smallest absolute Gasteiger partial charge is 0.255 e. The predicted molar refractivity (Wildman–Crippen MR) is 208 cm³/mol. The number of hydrogen-bond donors (Lipinski definition) is 1. The van der Waals surface area contributed by atoms with Crippen molar-refractivity contribution in [1.82, 2.24) is 14.7 Å². The molecule has 4 aromatic carbocycles. The quantitative estimate of drug-likeness (QED) is 0.168. The Balaban J connectivity index is 0.720. The normalized spacial score (nSPS) is 23.4. The summed E-state index contributed by atoms with van der Waals surface area (Å²) in [5.74, 6) is 2.64. The summed E-state index contributed by atoms with van der Waals surface area (Å²) in [4.78, 5) is 32.6. The fraction of sp³-hybridized carbons (Fsp3) is 0.391. The van der Waals surface area contributed by atoms with Gasteiger partial charge in [-0.1, -0.05) is 66.7 Å². The van der Waals surface area contributed by atoms with Crippen molar-refractivity contribution in [3.8, 4) is 17.2 Å². The Labute approximate surface area is 318 Å². The predicted octanol–water partition coefficient (Wildman–Crippen LogP) is 6.96. The van der Waals surface area contributed by atoms with Crippen molar-refractivity contribution in [2.75, 3.05) is 52.5 Å². The lowest BCUT2D eigenvalue weighted by Gasteiger charge is -2.60. The number of ketones is 1. The van der Waals surface area contributed by atoms with Crippen LogP contribution >= 0.6 is 0 Å². The van der Waals surface area contributed by atoms with E-state index >= 15 is 0 Å². The summed E-state index contributed by atoms with van der Waals surface area (Å²) in [6.45, 7) is 11.8. The van der Waals surface area contributed by atoms with Crippen LogP contribution in [0.15, 0.2) is 103 Å². The largest absolute Gasteiger partial charge is 0.508 e. The van der Waals surface area contributed by atoms with Crippen molar-refractivity contribution in [3.05, 3.63) is 137 Å². The van der Waals surface area contributed by atoms with Gasteiger partial charge in [-0.05, 0) is 90.3 Å². The van der Waals surface area contributed by atoms with Crippen LogP contribution in [0.25, 0.3) is 0 Å². The van der Waals surface area contributed by atoms with E-state index in [1.807, 2.05) is 30.3 Å². The minimum Gasteiger partial charge on any atom is -0.508 e. The summed E-state index contributed by atoms with van der Waals surface area (Å²) in [5, 5.41) is 10.2. The van der Waals surface area contributed by atoms with E-state index in [0.717, 1.165) is 81.2 Å². The van der Waals surface area contributed by atoms with Crippen molar-refractivity contribution in [2.24, 2.45) is 5.41 Å². The molecule has 0 bridgehead atoms. The second kappa shape index (κ2) is 14.4. The standard InChI is InChI=1S/C46H49N3O5/c1-31-10-19-41(42(51)24-31)49-26-40-39(45(49)52)8-5-9-43(40)54-23-21-48-29-46(30-48)27-47(28-46)20-22-53-36-15-11-33(12-16-36)44-37(32-6-3-2-4-7-32)17-13-34-25-35(50)14-18-38(34)44/h2-9,11-12,14-16,18,25,37,41,44,50H,1,10,13,17,19-24,26-30H2/t37-,41?,44+/m0/s1. The number of aromatic hydroxyl groups is 1. The van der Waals surface area contributed by atoms with Crippen molar-refractivity contribution in [1.29, 1.82) is 0 Å². The highest BCUT2D eigenvalue weighted by Crippen LogP contribution is 2.47. The van der Waals surface area contributed by atoms with Gasteiger partial charge in [0, 0.05) is 68.1 Å². The third-order valence-electron chi connectivity index (χ3n) is 12.5. The van der Waals surface area contributed by atoms with Crippen LogP contribution < -0.4 is 9.47 Å². The zero-order valence-corrected chi connectivity index (χ0v) is 30.9. The van der Waals surface area contributed by atoms with E-state index < -0.39 is 0 Å². The zero-order valence-electron chi connectivity index (χ0n) is 30.9. The first kappa shape index (κ1) is 34.8. The van der Waals surface area contributed by atoms with Crippen molar-refractivity contribution < 1.29 is 24.2 Å². The van der Waals surface area contributed by atoms with Gasteiger partial charge in [0.25, 0.3) is 5.91 Å². The molecule has 0 radical (unpaired) electrons. The average Bonchev–Trinajstić information content (AvgIpc) is 3.49. The average molecular weight is 724 g/mol. The molecule has 9 rings (SSSR count). The van der Waals surface area contributed by atoms with E-state index in [4.69, 9.17) is 9.47 Å². The van der Waals surface area contributed by atoms with Gasteiger partial charge in [0.15, 0.2) is 5.78 Å². The molecule has 5 aliphatic rings. The molecule has 3 aliphatic heterocycles. The fourth-order valence-corrected chi connectivity index (χ4v) is 9.94. The van der Waals surface area contributed by atoms with Crippen LogP contribution in [0.1, 0.15) is 75.7 Å². The Morgan fingerprint density at radius 1 is 0.778 bits per heavy atom. The molecule has 8 heteroatoms. The Morgan fingerprint density at radius 3 is 2.26 bits per heavy atom.